The molecule has 0 saturated carbocycles. The molecular formula is C32H30N4O. The second kappa shape index (κ2) is 10.0. The number of fused-ring (bicyclic) bond motifs is 2. The van der Waals surface area contributed by atoms with E-state index in [0.717, 1.165) is 48.4 Å². The van der Waals surface area contributed by atoms with E-state index in [1.54, 1.807) is 6.20 Å². The Balaban J connectivity index is 1.22. The van der Waals surface area contributed by atoms with E-state index in [0.29, 0.717) is 10.9 Å². The van der Waals surface area contributed by atoms with Gasteiger partial charge in [0.1, 0.15) is 0 Å². The van der Waals surface area contributed by atoms with Crippen LogP contribution < -0.4 is 15.8 Å². The second-order valence-corrected chi connectivity index (χ2v) is 9.78. The van der Waals surface area contributed by atoms with Gasteiger partial charge in [0.25, 0.3) is 5.56 Å². The third-order valence-electron chi connectivity index (χ3n) is 7.22. The number of benzene rings is 3. The maximum atomic E-state index is 12.4. The molecule has 0 aliphatic carbocycles. The van der Waals surface area contributed by atoms with Gasteiger partial charge in [0.15, 0.2) is 0 Å². The smallest absolute Gasteiger partial charge is 0.257 e. The quantitative estimate of drug-likeness (QED) is 0.312. The predicted octanol–water partition coefficient (Wildman–Crippen LogP) is 5.93. The van der Waals surface area contributed by atoms with Crippen LogP contribution in [0.2, 0.25) is 0 Å². The van der Waals surface area contributed by atoms with Crippen LogP contribution in [0, 0.1) is 0 Å². The number of anilines is 1. The van der Waals surface area contributed by atoms with Crippen LogP contribution in [0.15, 0.2) is 95.9 Å². The largest absolute Gasteiger partial charge is 0.374 e. The summed E-state index contributed by atoms with van der Waals surface area (Å²) in [5.41, 5.74) is 9.84. The van der Waals surface area contributed by atoms with Gasteiger partial charge in [-0.15, -0.1) is 0 Å². The van der Waals surface area contributed by atoms with E-state index < -0.39 is 0 Å². The summed E-state index contributed by atoms with van der Waals surface area (Å²) in [7, 11) is 2.18. The van der Waals surface area contributed by atoms with Crippen molar-refractivity contribution in [3.8, 4) is 22.4 Å². The van der Waals surface area contributed by atoms with Crippen LogP contribution in [0.25, 0.3) is 33.3 Å². The highest BCUT2D eigenvalue weighted by atomic mass is 16.1. The fourth-order valence-corrected chi connectivity index (χ4v) is 5.25. The van der Waals surface area contributed by atoms with Crippen LogP contribution in [-0.4, -0.2) is 23.6 Å². The van der Waals surface area contributed by atoms with Crippen LogP contribution in [0.5, 0.6) is 0 Å². The van der Waals surface area contributed by atoms with Crippen LogP contribution >= 0.6 is 0 Å². The lowest BCUT2D eigenvalue weighted by Gasteiger charge is -2.27. The van der Waals surface area contributed by atoms with Gasteiger partial charge in [0.05, 0.1) is 16.6 Å². The zero-order chi connectivity index (χ0) is 25.2. The Bertz CT molecular complexity index is 1610. The molecular weight excluding hydrogens is 456 g/mol. The first kappa shape index (κ1) is 23.2. The zero-order valence-corrected chi connectivity index (χ0v) is 21.0. The standard InChI is InChI=1S/C32H30N4O/c1-36-17-5-8-26-18-23(11-14-30(26)36)21-33-20-22-9-12-25(13-10-22)31-27(24-6-3-2-4-7-24)19-28-29(35-31)15-16-34-32(28)37/h2-4,6-7,9-16,18-19,33H,5,8,17,20-21H2,1H3,(H,34,37). The van der Waals surface area contributed by atoms with Crippen LogP contribution in [0.3, 0.4) is 0 Å². The van der Waals surface area contributed by atoms with Crippen molar-refractivity contribution in [3.63, 3.8) is 0 Å². The molecule has 1 aliphatic heterocycles. The minimum atomic E-state index is -0.124. The minimum absolute atomic E-state index is 0.124. The van der Waals surface area contributed by atoms with Gasteiger partial charge in [-0.25, -0.2) is 4.98 Å². The number of pyridine rings is 2. The molecule has 5 aromatic rings. The lowest BCUT2D eigenvalue weighted by molar-refractivity contribution is 0.689. The van der Waals surface area contributed by atoms with Crippen LogP contribution in [0.1, 0.15) is 23.1 Å². The fourth-order valence-electron chi connectivity index (χ4n) is 5.25. The summed E-state index contributed by atoms with van der Waals surface area (Å²) in [6.45, 7) is 2.78. The van der Waals surface area contributed by atoms with E-state index in [2.05, 4.69) is 76.8 Å². The number of aryl methyl sites for hydroxylation is 1. The first-order valence-electron chi connectivity index (χ1n) is 12.9. The van der Waals surface area contributed by atoms with Crippen molar-refractivity contribution in [2.45, 2.75) is 25.9 Å². The summed E-state index contributed by atoms with van der Waals surface area (Å²) in [5, 5.41) is 4.19. The monoisotopic (exact) mass is 486 g/mol. The summed E-state index contributed by atoms with van der Waals surface area (Å²) < 4.78 is 0. The number of nitrogens with zero attached hydrogens (tertiary/aromatic N) is 2. The molecule has 0 radical (unpaired) electrons. The molecule has 0 fully saturated rings. The molecule has 0 spiro atoms. The van der Waals surface area contributed by atoms with Gasteiger partial charge in [0.2, 0.25) is 0 Å². The molecule has 0 saturated heterocycles. The summed E-state index contributed by atoms with van der Waals surface area (Å²) >= 11 is 0. The average molecular weight is 487 g/mol. The van der Waals surface area contributed by atoms with E-state index in [1.165, 1.54) is 28.8 Å². The maximum Gasteiger partial charge on any atom is 0.257 e. The summed E-state index contributed by atoms with van der Waals surface area (Å²) in [6, 6.07) is 29.3. The highest BCUT2D eigenvalue weighted by Crippen LogP contribution is 2.33. The Labute approximate surface area is 216 Å². The first-order chi connectivity index (χ1) is 18.2. The lowest BCUT2D eigenvalue weighted by atomic mass is 9.97. The van der Waals surface area contributed by atoms with Gasteiger partial charge in [-0.3, -0.25) is 4.79 Å². The van der Waals surface area contributed by atoms with Crippen molar-refractivity contribution < 1.29 is 0 Å². The fraction of sp³-hybridized carbons (Fsp3) is 0.188. The van der Waals surface area contributed by atoms with E-state index in [-0.39, 0.29) is 5.56 Å². The molecule has 0 amide bonds. The molecule has 184 valence electrons. The van der Waals surface area contributed by atoms with Gasteiger partial charge < -0.3 is 15.2 Å². The number of hydrogen-bond acceptors (Lipinski definition) is 4. The van der Waals surface area contributed by atoms with Gasteiger partial charge in [-0.2, -0.15) is 0 Å². The molecule has 2 aromatic heterocycles. The van der Waals surface area contributed by atoms with Gasteiger partial charge >= 0.3 is 0 Å². The van der Waals surface area contributed by atoms with Crippen LogP contribution in [-0.2, 0) is 19.5 Å². The van der Waals surface area contributed by atoms with Crippen molar-refractivity contribution in [1.82, 2.24) is 15.3 Å². The molecule has 6 rings (SSSR count). The van der Waals surface area contributed by atoms with Crippen molar-refractivity contribution in [2.75, 3.05) is 18.5 Å². The Morgan fingerprint density at radius 1 is 0.892 bits per heavy atom. The molecule has 37 heavy (non-hydrogen) atoms. The third-order valence-corrected chi connectivity index (χ3v) is 7.22. The minimum Gasteiger partial charge on any atom is -0.374 e. The molecule has 3 aromatic carbocycles. The zero-order valence-electron chi connectivity index (χ0n) is 21.0. The molecule has 2 N–H and O–H groups in total. The van der Waals surface area contributed by atoms with E-state index in [1.807, 2.05) is 30.3 Å². The molecule has 5 nitrogen and oxygen atoms in total. The lowest BCUT2D eigenvalue weighted by Crippen LogP contribution is -2.24. The topological polar surface area (TPSA) is 61.0 Å². The van der Waals surface area contributed by atoms with Gasteiger partial charge in [-0.1, -0.05) is 66.7 Å². The molecule has 0 atom stereocenters. The Hall–Kier alpha value is -4.22. The van der Waals surface area contributed by atoms with Crippen molar-refractivity contribution in [1.29, 1.82) is 0 Å². The van der Waals surface area contributed by atoms with E-state index in [4.69, 9.17) is 4.98 Å². The van der Waals surface area contributed by atoms with Crippen molar-refractivity contribution >= 4 is 16.6 Å². The first-order valence-corrected chi connectivity index (χ1v) is 12.9. The summed E-state index contributed by atoms with van der Waals surface area (Å²) in [6.07, 6.45) is 4.04. The van der Waals surface area contributed by atoms with Crippen molar-refractivity contribution in [3.05, 3.63) is 118 Å². The molecule has 5 heteroatoms. The molecule has 0 bridgehead atoms. The Morgan fingerprint density at radius 3 is 2.51 bits per heavy atom. The Morgan fingerprint density at radius 2 is 1.68 bits per heavy atom. The van der Waals surface area contributed by atoms with Crippen LogP contribution in [0.4, 0.5) is 5.69 Å². The number of hydrogen-bond donors (Lipinski definition) is 2. The number of aromatic amines is 1. The molecule has 1 aliphatic rings. The van der Waals surface area contributed by atoms with E-state index in [9.17, 15) is 4.79 Å². The summed E-state index contributed by atoms with van der Waals surface area (Å²) in [4.78, 5) is 22.5. The van der Waals surface area contributed by atoms with Crippen molar-refractivity contribution in [2.24, 2.45) is 0 Å². The second-order valence-electron chi connectivity index (χ2n) is 9.78. The maximum absolute atomic E-state index is 12.4. The number of H-pyrrole nitrogens is 1. The summed E-state index contributed by atoms with van der Waals surface area (Å²) in [5.74, 6) is 0. The number of aromatic nitrogens is 2. The molecule has 3 heterocycles. The highest BCUT2D eigenvalue weighted by Gasteiger charge is 2.14. The highest BCUT2D eigenvalue weighted by molar-refractivity contribution is 5.91. The number of nitrogens with one attached hydrogen (secondary N) is 2. The molecule has 0 unspecified atom stereocenters. The van der Waals surface area contributed by atoms with Gasteiger partial charge in [-0.05, 0) is 53.3 Å². The predicted molar refractivity (Wildman–Crippen MR) is 152 cm³/mol. The van der Waals surface area contributed by atoms with E-state index >= 15 is 0 Å². The average Bonchev–Trinajstić information content (AvgIpc) is 2.94. The van der Waals surface area contributed by atoms with Gasteiger partial charge in [0, 0.05) is 49.7 Å². The normalized spacial score (nSPS) is 13.1. The SMILES string of the molecule is CN1CCCc2cc(CNCc3ccc(-c4nc5cc[nH]c(=O)c5cc4-c4ccccc4)cc3)ccc21. The Kier molecular flexibility index (Phi) is 6.29. The third kappa shape index (κ3) is 4.78. The number of rotatable bonds is 6.